The zero-order valence-electron chi connectivity index (χ0n) is 11.5. The largest absolute Gasteiger partial charge is 0.391 e. The summed E-state index contributed by atoms with van der Waals surface area (Å²) in [6, 6.07) is 8.40. The number of rotatable bonds is 2. The second-order valence-corrected chi connectivity index (χ2v) is 5.91. The van der Waals surface area contributed by atoms with E-state index in [1.54, 1.807) is 0 Å². The molecule has 0 heterocycles. The summed E-state index contributed by atoms with van der Waals surface area (Å²) < 4.78 is 37.8. The molecule has 0 aliphatic heterocycles. The standard InChI is InChI=1S/C16H21F3/c1-11(2)12-3-5-13(6-4-12)14-7-9-15(10-8-14)16(17,18)19/h3-6,11,14-15H,7-10H2,1-2H3. The van der Waals surface area contributed by atoms with Crippen LogP contribution in [0.3, 0.4) is 0 Å². The predicted molar refractivity (Wildman–Crippen MR) is 71.3 cm³/mol. The molecule has 0 unspecified atom stereocenters. The molecule has 0 aromatic heterocycles. The lowest BCUT2D eigenvalue weighted by molar-refractivity contribution is -0.182. The van der Waals surface area contributed by atoms with Crippen LogP contribution in [0.2, 0.25) is 0 Å². The van der Waals surface area contributed by atoms with E-state index in [0.29, 0.717) is 24.7 Å². The minimum atomic E-state index is -4.01. The molecule has 1 aliphatic carbocycles. The van der Waals surface area contributed by atoms with Crippen LogP contribution in [0.25, 0.3) is 0 Å². The number of hydrogen-bond acceptors (Lipinski definition) is 0. The van der Waals surface area contributed by atoms with Gasteiger partial charge in [0.25, 0.3) is 0 Å². The van der Waals surface area contributed by atoms with Crippen molar-refractivity contribution in [2.75, 3.05) is 0 Å². The Kier molecular flexibility index (Phi) is 4.22. The minimum Gasteiger partial charge on any atom is -0.171 e. The maximum atomic E-state index is 12.6. The maximum Gasteiger partial charge on any atom is 0.391 e. The third kappa shape index (κ3) is 3.52. The molecule has 106 valence electrons. The Morgan fingerprint density at radius 1 is 0.947 bits per heavy atom. The highest BCUT2D eigenvalue weighted by molar-refractivity contribution is 5.27. The SMILES string of the molecule is CC(C)c1ccc(C2CCC(C(F)(F)F)CC2)cc1. The van der Waals surface area contributed by atoms with Crippen molar-refractivity contribution in [1.29, 1.82) is 0 Å². The molecule has 0 nitrogen and oxygen atoms in total. The molecule has 1 aromatic carbocycles. The maximum absolute atomic E-state index is 12.6. The van der Waals surface area contributed by atoms with Gasteiger partial charge < -0.3 is 0 Å². The molecule has 3 heteroatoms. The molecule has 0 atom stereocenters. The van der Waals surface area contributed by atoms with Gasteiger partial charge in [0, 0.05) is 0 Å². The summed E-state index contributed by atoms with van der Waals surface area (Å²) in [7, 11) is 0. The highest BCUT2D eigenvalue weighted by atomic mass is 19.4. The van der Waals surface area contributed by atoms with Crippen LogP contribution < -0.4 is 0 Å². The summed E-state index contributed by atoms with van der Waals surface area (Å²) >= 11 is 0. The molecular formula is C16H21F3. The van der Waals surface area contributed by atoms with E-state index < -0.39 is 12.1 Å². The van der Waals surface area contributed by atoms with Crippen LogP contribution in [0.4, 0.5) is 13.2 Å². The Morgan fingerprint density at radius 2 is 1.47 bits per heavy atom. The molecule has 1 aliphatic rings. The highest BCUT2D eigenvalue weighted by Gasteiger charge is 2.41. The second-order valence-electron chi connectivity index (χ2n) is 5.91. The molecule has 0 radical (unpaired) electrons. The van der Waals surface area contributed by atoms with Gasteiger partial charge in [-0.3, -0.25) is 0 Å². The molecule has 0 spiro atoms. The average molecular weight is 270 g/mol. The van der Waals surface area contributed by atoms with Gasteiger partial charge in [0.05, 0.1) is 5.92 Å². The highest BCUT2D eigenvalue weighted by Crippen LogP contribution is 2.42. The third-order valence-electron chi connectivity index (χ3n) is 4.26. The number of hydrogen-bond donors (Lipinski definition) is 0. The Labute approximate surface area is 113 Å². The minimum absolute atomic E-state index is 0.278. The molecule has 0 amide bonds. The molecule has 0 bridgehead atoms. The fraction of sp³-hybridized carbons (Fsp3) is 0.625. The van der Waals surface area contributed by atoms with E-state index in [4.69, 9.17) is 0 Å². The van der Waals surface area contributed by atoms with Gasteiger partial charge in [-0.1, -0.05) is 38.1 Å². The van der Waals surface area contributed by atoms with E-state index in [0.717, 1.165) is 0 Å². The van der Waals surface area contributed by atoms with Crippen LogP contribution in [0.15, 0.2) is 24.3 Å². The number of alkyl halides is 3. The van der Waals surface area contributed by atoms with E-state index in [2.05, 4.69) is 38.1 Å². The van der Waals surface area contributed by atoms with Crippen molar-refractivity contribution in [3.63, 3.8) is 0 Å². The van der Waals surface area contributed by atoms with Crippen molar-refractivity contribution in [1.82, 2.24) is 0 Å². The first-order chi connectivity index (χ1) is 8.88. The summed E-state index contributed by atoms with van der Waals surface area (Å²) in [6.07, 6.45) is -2.14. The molecule has 1 aromatic rings. The quantitative estimate of drug-likeness (QED) is 0.651. The van der Waals surface area contributed by atoms with Crippen molar-refractivity contribution < 1.29 is 13.2 Å². The van der Waals surface area contributed by atoms with Crippen LogP contribution in [0.1, 0.15) is 62.5 Å². The topological polar surface area (TPSA) is 0 Å². The third-order valence-corrected chi connectivity index (χ3v) is 4.26. The number of benzene rings is 1. The van der Waals surface area contributed by atoms with E-state index in [1.807, 2.05) is 0 Å². The zero-order valence-corrected chi connectivity index (χ0v) is 11.5. The fourth-order valence-corrected chi connectivity index (χ4v) is 2.91. The Bertz CT molecular complexity index is 395. The van der Waals surface area contributed by atoms with Crippen LogP contribution in [0.5, 0.6) is 0 Å². The van der Waals surface area contributed by atoms with Crippen molar-refractivity contribution in [3.8, 4) is 0 Å². The van der Waals surface area contributed by atoms with E-state index in [-0.39, 0.29) is 12.8 Å². The number of halogens is 3. The molecule has 19 heavy (non-hydrogen) atoms. The fourth-order valence-electron chi connectivity index (χ4n) is 2.91. The zero-order chi connectivity index (χ0) is 14.0. The second kappa shape index (κ2) is 5.56. The van der Waals surface area contributed by atoms with Crippen molar-refractivity contribution in [2.24, 2.45) is 5.92 Å². The molecular weight excluding hydrogens is 249 g/mol. The Hall–Kier alpha value is -0.990. The lowest BCUT2D eigenvalue weighted by Gasteiger charge is -2.30. The molecule has 0 N–H and O–H groups in total. The predicted octanol–water partition coefficient (Wildman–Crippen LogP) is 5.65. The summed E-state index contributed by atoms with van der Waals surface area (Å²) in [6.45, 7) is 4.28. The van der Waals surface area contributed by atoms with Crippen LogP contribution in [0, 0.1) is 5.92 Å². The molecule has 2 rings (SSSR count). The summed E-state index contributed by atoms with van der Waals surface area (Å²) in [4.78, 5) is 0. The van der Waals surface area contributed by atoms with E-state index in [1.165, 1.54) is 11.1 Å². The first kappa shape index (κ1) is 14.4. The molecule has 0 saturated heterocycles. The molecule has 1 fully saturated rings. The first-order valence-corrected chi connectivity index (χ1v) is 7.04. The monoisotopic (exact) mass is 270 g/mol. The van der Waals surface area contributed by atoms with Crippen LogP contribution in [-0.2, 0) is 0 Å². The smallest absolute Gasteiger partial charge is 0.171 e. The summed E-state index contributed by atoms with van der Waals surface area (Å²) in [5.74, 6) is -0.284. The van der Waals surface area contributed by atoms with Crippen LogP contribution in [-0.4, -0.2) is 6.18 Å². The normalized spacial score (nSPS) is 24.7. The Morgan fingerprint density at radius 3 is 1.89 bits per heavy atom. The summed E-state index contributed by atoms with van der Waals surface area (Å²) in [5, 5.41) is 0. The Balaban J connectivity index is 1.98. The van der Waals surface area contributed by atoms with E-state index >= 15 is 0 Å². The molecule has 1 saturated carbocycles. The van der Waals surface area contributed by atoms with Crippen molar-refractivity contribution in [3.05, 3.63) is 35.4 Å². The van der Waals surface area contributed by atoms with Gasteiger partial charge in [-0.2, -0.15) is 13.2 Å². The van der Waals surface area contributed by atoms with Crippen molar-refractivity contribution >= 4 is 0 Å². The van der Waals surface area contributed by atoms with Gasteiger partial charge in [-0.15, -0.1) is 0 Å². The van der Waals surface area contributed by atoms with Gasteiger partial charge in [-0.05, 0) is 48.6 Å². The first-order valence-electron chi connectivity index (χ1n) is 7.04. The van der Waals surface area contributed by atoms with E-state index in [9.17, 15) is 13.2 Å². The summed E-state index contributed by atoms with van der Waals surface area (Å²) in [5.41, 5.74) is 2.48. The van der Waals surface area contributed by atoms with Gasteiger partial charge in [0.2, 0.25) is 0 Å². The van der Waals surface area contributed by atoms with Gasteiger partial charge in [0.15, 0.2) is 0 Å². The van der Waals surface area contributed by atoms with Gasteiger partial charge in [0.1, 0.15) is 0 Å². The average Bonchev–Trinajstić information content (AvgIpc) is 2.38. The lowest BCUT2D eigenvalue weighted by atomic mass is 9.78. The van der Waals surface area contributed by atoms with Gasteiger partial charge >= 0.3 is 6.18 Å². The van der Waals surface area contributed by atoms with Crippen LogP contribution >= 0.6 is 0 Å². The lowest BCUT2D eigenvalue weighted by Crippen LogP contribution is -2.27. The van der Waals surface area contributed by atoms with Crippen molar-refractivity contribution in [2.45, 2.75) is 57.5 Å². The van der Waals surface area contributed by atoms with Gasteiger partial charge in [-0.25, -0.2) is 0 Å².